The molecule has 7 heteroatoms. The summed E-state index contributed by atoms with van der Waals surface area (Å²) in [5.74, 6) is -0.731. The largest absolute Gasteiger partial charge is 0.506 e. The van der Waals surface area contributed by atoms with Gasteiger partial charge in [0, 0.05) is 17.9 Å². The average molecular weight is 550 g/mol. The van der Waals surface area contributed by atoms with Crippen molar-refractivity contribution in [3.05, 3.63) is 60.9 Å². The fourth-order valence-corrected chi connectivity index (χ4v) is 3.77. The Labute approximate surface area is 165 Å². The van der Waals surface area contributed by atoms with E-state index in [1.54, 1.807) is 12.1 Å². The fourth-order valence-electron chi connectivity index (χ4n) is 2.01. The highest BCUT2D eigenvalue weighted by molar-refractivity contribution is 14.1. The van der Waals surface area contributed by atoms with E-state index in [0.29, 0.717) is 23.9 Å². The lowest BCUT2D eigenvalue weighted by Gasteiger charge is -2.04. The van der Waals surface area contributed by atoms with Gasteiger partial charge >= 0.3 is 0 Å². The standard InChI is InChI=1S/C15H8I2O3.C2H4O2/c16-11-5-8(6-12(17)15(11)19)14(18)10-7-20-13-4-2-1-3-9(10)13;1-2(3)4/h1-7,19H;1H3,(H,3,4). The maximum Gasteiger partial charge on any atom is 0.300 e. The van der Waals surface area contributed by atoms with Crippen LogP contribution in [0.15, 0.2) is 47.1 Å². The molecule has 0 aliphatic carbocycles. The lowest BCUT2D eigenvalue weighted by atomic mass is 10.0. The minimum absolute atomic E-state index is 0.106. The zero-order valence-corrected chi connectivity index (χ0v) is 16.7. The zero-order valence-electron chi connectivity index (χ0n) is 12.4. The minimum Gasteiger partial charge on any atom is -0.506 e. The molecule has 0 amide bonds. The van der Waals surface area contributed by atoms with Crippen molar-refractivity contribution in [1.29, 1.82) is 0 Å². The van der Waals surface area contributed by atoms with Gasteiger partial charge in [0.05, 0.1) is 12.7 Å². The molecule has 24 heavy (non-hydrogen) atoms. The average Bonchev–Trinajstić information content (AvgIpc) is 2.95. The predicted molar refractivity (Wildman–Crippen MR) is 106 cm³/mol. The van der Waals surface area contributed by atoms with Crippen LogP contribution in [0.25, 0.3) is 11.0 Å². The number of phenolic OH excluding ortho intramolecular Hbond substituents is 1. The third-order valence-electron chi connectivity index (χ3n) is 3.00. The summed E-state index contributed by atoms with van der Waals surface area (Å²) in [6.07, 6.45) is 1.49. The number of halogens is 2. The van der Waals surface area contributed by atoms with Gasteiger partial charge in [-0.3, -0.25) is 9.59 Å². The minimum atomic E-state index is -0.833. The van der Waals surface area contributed by atoms with Gasteiger partial charge in [-0.25, -0.2) is 0 Å². The highest BCUT2D eigenvalue weighted by atomic mass is 127. The molecule has 2 N–H and O–H groups in total. The molecular formula is C17H12I2O5. The molecule has 1 heterocycles. The lowest BCUT2D eigenvalue weighted by Crippen LogP contribution is -2.01. The number of carbonyl (C=O) groups is 2. The van der Waals surface area contributed by atoms with E-state index in [2.05, 4.69) is 0 Å². The number of benzene rings is 2. The molecule has 0 spiro atoms. The molecule has 3 rings (SSSR count). The van der Waals surface area contributed by atoms with E-state index < -0.39 is 5.97 Å². The Bertz CT molecular complexity index is 887. The van der Waals surface area contributed by atoms with Crippen molar-refractivity contribution in [2.75, 3.05) is 0 Å². The van der Waals surface area contributed by atoms with Crippen molar-refractivity contribution in [2.45, 2.75) is 6.92 Å². The number of carboxylic acid groups (broad SMARTS) is 1. The van der Waals surface area contributed by atoms with Crippen LogP contribution in [0.2, 0.25) is 0 Å². The summed E-state index contributed by atoms with van der Waals surface area (Å²) >= 11 is 4.03. The fraction of sp³-hybridized carbons (Fsp3) is 0.0588. The molecular weight excluding hydrogens is 538 g/mol. The summed E-state index contributed by atoms with van der Waals surface area (Å²) in [4.78, 5) is 21.6. The smallest absolute Gasteiger partial charge is 0.300 e. The van der Waals surface area contributed by atoms with Gasteiger partial charge in [-0.05, 0) is 63.4 Å². The van der Waals surface area contributed by atoms with Gasteiger partial charge < -0.3 is 14.6 Å². The molecule has 0 aliphatic heterocycles. The van der Waals surface area contributed by atoms with Crippen LogP contribution in [0.4, 0.5) is 0 Å². The van der Waals surface area contributed by atoms with Crippen LogP contribution in [-0.2, 0) is 4.79 Å². The number of aromatic hydroxyl groups is 1. The van der Waals surface area contributed by atoms with E-state index >= 15 is 0 Å². The van der Waals surface area contributed by atoms with Gasteiger partial charge in [-0.2, -0.15) is 0 Å². The molecule has 0 saturated carbocycles. The molecule has 5 nitrogen and oxygen atoms in total. The normalized spacial score (nSPS) is 10.1. The summed E-state index contributed by atoms with van der Waals surface area (Å²) < 4.78 is 6.72. The monoisotopic (exact) mass is 550 g/mol. The SMILES string of the molecule is CC(=O)O.O=C(c1cc(I)c(O)c(I)c1)c1coc2ccccc12. The molecule has 2 aromatic carbocycles. The summed E-state index contributed by atoms with van der Waals surface area (Å²) in [6, 6.07) is 10.8. The van der Waals surface area contributed by atoms with Crippen LogP contribution in [0.3, 0.4) is 0 Å². The van der Waals surface area contributed by atoms with Crippen LogP contribution in [-0.4, -0.2) is 22.0 Å². The number of fused-ring (bicyclic) bond motifs is 1. The Morgan fingerprint density at radius 2 is 1.62 bits per heavy atom. The molecule has 0 radical (unpaired) electrons. The van der Waals surface area contributed by atoms with Gasteiger partial charge in [0.1, 0.15) is 17.6 Å². The van der Waals surface area contributed by atoms with E-state index in [1.807, 2.05) is 69.4 Å². The van der Waals surface area contributed by atoms with Crippen LogP contribution in [0.5, 0.6) is 5.75 Å². The summed E-state index contributed by atoms with van der Waals surface area (Å²) in [6.45, 7) is 1.08. The maximum atomic E-state index is 12.6. The van der Waals surface area contributed by atoms with Crippen molar-refractivity contribution in [3.8, 4) is 5.75 Å². The highest BCUT2D eigenvalue weighted by Crippen LogP contribution is 2.30. The molecule has 0 aliphatic rings. The van der Waals surface area contributed by atoms with Crippen LogP contribution < -0.4 is 0 Å². The van der Waals surface area contributed by atoms with E-state index in [9.17, 15) is 9.90 Å². The van der Waals surface area contributed by atoms with Crippen molar-refractivity contribution in [2.24, 2.45) is 0 Å². The van der Waals surface area contributed by atoms with Crippen molar-refractivity contribution < 1.29 is 24.2 Å². The maximum absolute atomic E-state index is 12.6. The highest BCUT2D eigenvalue weighted by Gasteiger charge is 2.17. The number of phenols is 1. The molecule has 0 saturated heterocycles. The quantitative estimate of drug-likeness (QED) is 0.358. The summed E-state index contributed by atoms with van der Waals surface area (Å²) in [5, 5.41) is 18.0. The van der Waals surface area contributed by atoms with Gasteiger partial charge in [0.25, 0.3) is 5.97 Å². The second-order valence-electron chi connectivity index (χ2n) is 4.78. The van der Waals surface area contributed by atoms with Gasteiger partial charge in [-0.15, -0.1) is 0 Å². The first-order valence-corrected chi connectivity index (χ1v) is 8.85. The Balaban J connectivity index is 0.000000471. The first-order chi connectivity index (χ1) is 11.3. The molecule has 0 fully saturated rings. The third-order valence-corrected chi connectivity index (χ3v) is 4.65. The third kappa shape index (κ3) is 4.26. The molecule has 0 unspecified atom stereocenters. The Hall–Kier alpha value is -1.62. The second-order valence-corrected chi connectivity index (χ2v) is 7.11. The van der Waals surface area contributed by atoms with Gasteiger partial charge in [0.2, 0.25) is 0 Å². The van der Waals surface area contributed by atoms with Crippen molar-refractivity contribution in [3.63, 3.8) is 0 Å². The van der Waals surface area contributed by atoms with Crippen LogP contribution >= 0.6 is 45.2 Å². The molecule has 124 valence electrons. The van der Waals surface area contributed by atoms with Gasteiger partial charge in [0.15, 0.2) is 5.78 Å². The number of rotatable bonds is 2. The topological polar surface area (TPSA) is 87.7 Å². The van der Waals surface area contributed by atoms with E-state index in [4.69, 9.17) is 14.3 Å². The number of para-hydroxylation sites is 1. The number of aliphatic carboxylic acids is 1. The number of carbonyl (C=O) groups excluding carboxylic acids is 1. The number of carboxylic acids is 1. The summed E-state index contributed by atoms with van der Waals surface area (Å²) in [7, 11) is 0. The number of hydrogen-bond donors (Lipinski definition) is 2. The predicted octanol–water partition coefficient (Wildman–Crippen LogP) is 4.67. The summed E-state index contributed by atoms with van der Waals surface area (Å²) in [5.41, 5.74) is 1.78. The second kappa shape index (κ2) is 7.97. The first kappa shape index (κ1) is 18.7. The Kier molecular flexibility index (Phi) is 6.21. The number of hydrogen-bond acceptors (Lipinski definition) is 4. The number of furan rings is 1. The van der Waals surface area contributed by atoms with Crippen LogP contribution in [0, 0.1) is 7.14 Å². The van der Waals surface area contributed by atoms with Gasteiger partial charge in [-0.1, -0.05) is 18.2 Å². The molecule has 3 aromatic rings. The Morgan fingerprint density at radius 3 is 2.21 bits per heavy atom. The number of ketones is 1. The molecule has 0 atom stereocenters. The molecule has 0 bridgehead atoms. The van der Waals surface area contributed by atoms with Crippen LogP contribution in [0.1, 0.15) is 22.8 Å². The van der Waals surface area contributed by atoms with Crippen molar-refractivity contribution >= 4 is 67.9 Å². The van der Waals surface area contributed by atoms with E-state index in [-0.39, 0.29) is 11.5 Å². The van der Waals surface area contributed by atoms with Crippen molar-refractivity contribution in [1.82, 2.24) is 0 Å². The van der Waals surface area contributed by atoms with E-state index in [1.165, 1.54) is 6.26 Å². The lowest BCUT2D eigenvalue weighted by molar-refractivity contribution is -0.134. The van der Waals surface area contributed by atoms with E-state index in [0.717, 1.165) is 12.3 Å². The zero-order chi connectivity index (χ0) is 17.9. The first-order valence-electron chi connectivity index (χ1n) is 6.69. The molecule has 1 aromatic heterocycles. The Morgan fingerprint density at radius 1 is 1.08 bits per heavy atom.